The second-order valence-electron chi connectivity index (χ2n) is 6.80. The summed E-state index contributed by atoms with van der Waals surface area (Å²) in [6.07, 6.45) is 0.589. The van der Waals surface area contributed by atoms with Crippen molar-refractivity contribution in [1.29, 1.82) is 0 Å². The van der Waals surface area contributed by atoms with Crippen LogP contribution in [0, 0.1) is 6.92 Å². The summed E-state index contributed by atoms with van der Waals surface area (Å²) in [5.41, 5.74) is 0.563. The summed E-state index contributed by atoms with van der Waals surface area (Å²) in [4.78, 5) is 22.8. The summed E-state index contributed by atoms with van der Waals surface area (Å²) in [5, 5.41) is 8.32. The van der Waals surface area contributed by atoms with Crippen LogP contribution in [0.15, 0.2) is 36.8 Å². The van der Waals surface area contributed by atoms with Crippen LogP contribution >= 0.6 is 0 Å². The number of nitrogens with zero attached hydrogens (tertiary/aromatic N) is 6. The molecule has 3 aromatic rings. The third kappa shape index (κ3) is 3.24. The van der Waals surface area contributed by atoms with E-state index in [-0.39, 0.29) is 11.1 Å². The van der Waals surface area contributed by atoms with Crippen molar-refractivity contribution in [3.8, 4) is 5.82 Å². The second-order valence-corrected chi connectivity index (χ2v) is 6.80. The van der Waals surface area contributed by atoms with E-state index in [0.29, 0.717) is 24.5 Å². The van der Waals surface area contributed by atoms with Gasteiger partial charge in [0.25, 0.3) is 5.91 Å². The topological polar surface area (TPSA) is 76.8 Å². The van der Waals surface area contributed by atoms with E-state index in [9.17, 15) is 18.0 Å². The zero-order valence-corrected chi connectivity index (χ0v) is 15.7. The summed E-state index contributed by atoms with van der Waals surface area (Å²) < 4.78 is 41.2. The number of hydrogen-bond acceptors (Lipinski definition) is 5. The van der Waals surface area contributed by atoms with Gasteiger partial charge in [-0.1, -0.05) is 11.3 Å². The smallest absolute Gasteiger partial charge is 0.330 e. The first-order valence-corrected chi connectivity index (χ1v) is 8.97. The minimum Gasteiger partial charge on any atom is -0.330 e. The van der Waals surface area contributed by atoms with Gasteiger partial charge in [0.05, 0.1) is 23.5 Å². The van der Waals surface area contributed by atoms with Crippen LogP contribution in [0.3, 0.4) is 0 Å². The average molecular weight is 402 g/mol. The van der Waals surface area contributed by atoms with E-state index in [2.05, 4.69) is 20.3 Å². The van der Waals surface area contributed by atoms with Crippen molar-refractivity contribution in [3.05, 3.63) is 64.9 Å². The number of rotatable bonds is 2. The molecule has 1 amide bonds. The van der Waals surface area contributed by atoms with Gasteiger partial charge in [0.2, 0.25) is 0 Å². The Morgan fingerprint density at radius 3 is 2.72 bits per heavy atom. The highest BCUT2D eigenvalue weighted by Crippen LogP contribution is 2.35. The van der Waals surface area contributed by atoms with Gasteiger partial charge in [-0.3, -0.25) is 9.78 Å². The minimum absolute atomic E-state index is 0.0384. The number of alkyl halides is 3. The normalized spacial score (nSPS) is 16.6. The predicted octanol–water partition coefficient (Wildman–Crippen LogP) is 3.14. The molecule has 29 heavy (non-hydrogen) atoms. The first-order chi connectivity index (χ1) is 13.8. The number of amides is 1. The fourth-order valence-electron chi connectivity index (χ4n) is 3.63. The molecule has 150 valence electrons. The summed E-state index contributed by atoms with van der Waals surface area (Å²) >= 11 is 0. The Labute approximate surface area is 164 Å². The largest absolute Gasteiger partial charge is 0.416 e. The number of carbonyl (C=O) groups is 1. The molecule has 1 aromatic carbocycles. The summed E-state index contributed by atoms with van der Waals surface area (Å²) in [5.74, 6) is 0.0581. The van der Waals surface area contributed by atoms with Gasteiger partial charge in [0.15, 0.2) is 5.82 Å². The minimum atomic E-state index is -4.51. The van der Waals surface area contributed by atoms with E-state index in [0.717, 1.165) is 11.8 Å². The molecule has 1 atom stereocenters. The predicted molar refractivity (Wildman–Crippen MR) is 96.3 cm³/mol. The Bertz CT molecular complexity index is 1060. The molecule has 4 rings (SSSR count). The van der Waals surface area contributed by atoms with Crippen molar-refractivity contribution in [2.75, 3.05) is 6.54 Å². The van der Waals surface area contributed by atoms with E-state index in [1.807, 2.05) is 0 Å². The van der Waals surface area contributed by atoms with E-state index in [1.54, 1.807) is 30.2 Å². The van der Waals surface area contributed by atoms with E-state index >= 15 is 0 Å². The van der Waals surface area contributed by atoms with Gasteiger partial charge in [-0.25, -0.2) is 4.98 Å². The van der Waals surface area contributed by atoms with Gasteiger partial charge in [0.1, 0.15) is 5.69 Å². The Kier molecular flexibility index (Phi) is 4.56. The van der Waals surface area contributed by atoms with Crippen LogP contribution in [0.2, 0.25) is 0 Å². The molecule has 0 saturated heterocycles. The lowest BCUT2D eigenvalue weighted by Crippen LogP contribution is -2.39. The zero-order valence-electron chi connectivity index (χ0n) is 15.7. The van der Waals surface area contributed by atoms with Gasteiger partial charge in [-0.05, 0) is 31.5 Å². The number of aromatic nitrogens is 5. The molecular weight excluding hydrogens is 385 g/mol. The molecule has 1 aliphatic heterocycles. The van der Waals surface area contributed by atoms with E-state index in [4.69, 9.17) is 0 Å². The van der Waals surface area contributed by atoms with Gasteiger partial charge < -0.3 is 4.90 Å². The maximum atomic E-state index is 13.2. The quantitative estimate of drug-likeness (QED) is 0.658. The van der Waals surface area contributed by atoms with Crippen molar-refractivity contribution in [2.24, 2.45) is 0 Å². The molecule has 1 unspecified atom stereocenters. The third-order valence-electron chi connectivity index (χ3n) is 5.14. The lowest BCUT2D eigenvalue weighted by atomic mass is 9.98. The second kappa shape index (κ2) is 6.94. The van der Waals surface area contributed by atoms with Crippen LogP contribution in [0.5, 0.6) is 0 Å². The Morgan fingerprint density at radius 1 is 1.24 bits per heavy atom. The van der Waals surface area contributed by atoms with Crippen molar-refractivity contribution in [2.45, 2.75) is 32.5 Å². The molecule has 10 heteroatoms. The molecule has 0 bridgehead atoms. The Balaban J connectivity index is 1.66. The molecule has 0 spiro atoms. The number of benzene rings is 1. The zero-order chi connectivity index (χ0) is 20.8. The Hall–Kier alpha value is -3.30. The van der Waals surface area contributed by atoms with Crippen LogP contribution in [0.4, 0.5) is 13.2 Å². The van der Waals surface area contributed by atoms with Crippen LogP contribution < -0.4 is 0 Å². The van der Waals surface area contributed by atoms with Gasteiger partial charge in [0, 0.05) is 30.9 Å². The molecule has 0 N–H and O–H groups in total. The number of carbonyl (C=O) groups excluding carboxylic acids is 1. The number of fused-ring (bicyclic) bond motifs is 1. The first-order valence-electron chi connectivity index (χ1n) is 8.97. The molecule has 2 aromatic heterocycles. The molecule has 0 fully saturated rings. The van der Waals surface area contributed by atoms with Crippen LogP contribution in [0.25, 0.3) is 5.82 Å². The highest BCUT2D eigenvalue weighted by Gasteiger charge is 2.37. The van der Waals surface area contributed by atoms with E-state index < -0.39 is 23.7 Å². The molecule has 3 heterocycles. The molecular formula is C19H17F3N6O. The van der Waals surface area contributed by atoms with Gasteiger partial charge in [-0.2, -0.15) is 17.9 Å². The van der Waals surface area contributed by atoms with Gasteiger partial charge >= 0.3 is 6.18 Å². The van der Waals surface area contributed by atoms with Gasteiger partial charge in [-0.15, -0.1) is 5.10 Å². The lowest BCUT2D eigenvalue weighted by Gasteiger charge is -2.33. The summed E-state index contributed by atoms with van der Waals surface area (Å²) in [6.45, 7) is 3.44. The monoisotopic (exact) mass is 402 g/mol. The Morgan fingerprint density at radius 2 is 2.03 bits per heavy atom. The third-order valence-corrected chi connectivity index (χ3v) is 5.14. The number of hydrogen-bond donors (Lipinski definition) is 0. The van der Waals surface area contributed by atoms with Crippen LogP contribution in [-0.4, -0.2) is 42.3 Å². The highest BCUT2D eigenvalue weighted by atomic mass is 19.4. The van der Waals surface area contributed by atoms with Crippen molar-refractivity contribution < 1.29 is 18.0 Å². The fourth-order valence-corrected chi connectivity index (χ4v) is 3.63. The molecule has 7 nitrogen and oxygen atoms in total. The number of halogens is 3. The first kappa shape index (κ1) is 19.0. The SMILES string of the molecule is Cc1c(C(=O)N2CCc3c(nnn3-c3cnccn3)C2C)cccc1C(F)(F)F. The summed E-state index contributed by atoms with van der Waals surface area (Å²) in [7, 11) is 0. The lowest BCUT2D eigenvalue weighted by molar-refractivity contribution is -0.138. The van der Waals surface area contributed by atoms with Crippen molar-refractivity contribution in [3.63, 3.8) is 0 Å². The maximum absolute atomic E-state index is 13.2. The summed E-state index contributed by atoms with van der Waals surface area (Å²) in [6, 6.07) is 3.22. The molecule has 0 saturated carbocycles. The standard InChI is InChI=1S/C19H17F3N6O/c1-11-13(4-3-5-14(11)19(20,21)22)18(29)27-9-6-15-17(12(27)2)25-26-28(15)16-10-23-7-8-24-16/h3-5,7-8,10,12H,6,9H2,1-2H3. The molecule has 1 aliphatic rings. The molecule has 0 radical (unpaired) electrons. The van der Waals surface area contributed by atoms with Crippen LogP contribution in [0.1, 0.15) is 45.8 Å². The van der Waals surface area contributed by atoms with E-state index in [1.165, 1.54) is 24.0 Å². The average Bonchev–Trinajstić information content (AvgIpc) is 3.13. The molecule has 0 aliphatic carbocycles. The maximum Gasteiger partial charge on any atom is 0.416 e. The van der Waals surface area contributed by atoms with Crippen molar-refractivity contribution in [1.82, 2.24) is 29.9 Å². The van der Waals surface area contributed by atoms with Crippen LogP contribution in [-0.2, 0) is 12.6 Å². The van der Waals surface area contributed by atoms with Crippen molar-refractivity contribution >= 4 is 5.91 Å². The fraction of sp³-hybridized carbons (Fsp3) is 0.316. The highest BCUT2D eigenvalue weighted by molar-refractivity contribution is 5.96.